The fourth-order valence-corrected chi connectivity index (χ4v) is 4.49. The zero-order chi connectivity index (χ0) is 19.5. The minimum Gasteiger partial charge on any atom is -0.382 e. The number of nitrogens with one attached hydrogen (secondary N) is 1. The number of hydrogen-bond donors (Lipinski definition) is 2. The van der Waals surface area contributed by atoms with Gasteiger partial charge in [0, 0.05) is 41.9 Å². The number of aromatic nitrogens is 2. The summed E-state index contributed by atoms with van der Waals surface area (Å²) in [6.45, 7) is 2.23. The summed E-state index contributed by atoms with van der Waals surface area (Å²) in [5, 5.41) is 5.81. The third-order valence-corrected chi connectivity index (χ3v) is 6.21. The van der Waals surface area contributed by atoms with Gasteiger partial charge in [0.2, 0.25) is 0 Å². The van der Waals surface area contributed by atoms with Crippen LogP contribution in [0, 0.1) is 0 Å². The van der Waals surface area contributed by atoms with Crippen molar-refractivity contribution >= 4 is 34.7 Å². The molecule has 144 valence electrons. The number of nitrogens with zero attached hydrogens (tertiary/aromatic N) is 3. The summed E-state index contributed by atoms with van der Waals surface area (Å²) < 4.78 is 0. The summed E-state index contributed by atoms with van der Waals surface area (Å²) in [5.41, 5.74) is 8.40. The lowest BCUT2D eigenvalue weighted by molar-refractivity contribution is 0.0924. The minimum atomic E-state index is -0.321. The van der Waals surface area contributed by atoms with Crippen molar-refractivity contribution in [1.29, 1.82) is 0 Å². The summed E-state index contributed by atoms with van der Waals surface area (Å²) >= 11 is 7.88. The van der Waals surface area contributed by atoms with Crippen LogP contribution in [-0.2, 0) is 13.0 Å². The number of carbonyl (C=O) groups excluding carboxylic acids is 1. The number of rotatable bonds is 5. The molecule has 0 fully saturated rings. The predicted molar refractivity (Wildman–Crippen MR) is 111 cm³/mol. The third kappa shape index (κ3) is 4.01. The van der Waals surface area contributed by atoms with E-state index in [0.29, 0.717) is 11.6 Å². The van der Waals surface area contributed by atoms with Gasteiger partial charge in [-0.25, -0.2) is 9.97 Å². The lowest BCUT2D eigenvalue weighted by Gasteiger charge is -2.35. The first-order chi connectivity index (χ1) is 13.6. The van der Waals surface area contributed by atoms with Crippen LogP contribution < -0.4 is 11.1 Å². The summed E-state index contributed by atoms with van der Waals surface area (Å²) in [6.07, 6.45) is 3.95. The van der Waals surface area contributed by atoms with E-state index in [1.807, 2.05) is 35.6 Å². The van der Waals surface area contributed by atoms with Crippen molar-refractivity contribution in [2.24, 2.45) is 0 Å². The SMILES string of the molecule is Nc1nccnc1C(=O)NC[C@@H](c1ccc(Cl)cc1)N1CCc2sccc2C1. The van der Waals surface area contributed by atoms with E-state index in [0.717, 1.165) is 25.1 Å². The van der Waals surface area contributed by atoms with Gasteiger partial charge in [0.1, 0.15) is 0 Å². The maximum atomic E-state index is 12.6. The van der Waals surface area contributed by atoms with Gasteiger partial charge in [-0.2, -0.15) is 0 Å². The highest BCUT2D eigenvalue weighted by molar-refractivity contribution is 7.10. The van der Waals surface area contributed by atoms with E-state index < -0.39 is 0 Å². The molecule has 3 aromatic rings. The number of halogens is 1. The van der Waals surface area contributed by atoms with Crippen LogP contribution in [0.15, 0.2) is 48.1 Å². The van der Waals surface area contributed by atoms with Gasteiger partial charge >= 0.3 is 0 Å². The molecule has 0 spiro atoms. The van der Waals surface area contributed by atoms with E-state index in [4.69, 9.17) is 17.3 Å². The molecule has 0 bridgehead atoms. The topological polar surface area (TPSA) is 84.1 Å². The molecule has 1 aliphatic rings. The van der Waals surface area contributed by atoms with Gasteiger partial charge in [0.15, 0.2) is 11.5 Å². The van der Waals surface area contributed by atoms with Crippen molar-refractivity contribution in [2.45, 2.75) is 19.0 Å². The van der Waals surface area contributed by atoms with Crippen LogP contribution >= 0.6 is 22.9 Å². The standard InChI is InChI=1S/C20H20ClN5OS/c21-15-3-1-13(2-4-15)16(26-9-5-17-14(12-26)6-10-28-17)11-25-20(27)18-19(22)24-8-7-23-18/h1-4,6-8,10,16H,5,9,11-12H2,(H2,22,24)(H,25,27)/t16-/m0/s1. The second-order valence-corrected chi connectivity index (χ2v) is 8.09. The Morgan fingerprint density at radius 2 is 2.04 bits per heavy atom. The van der Waals surface area contributed by atoms with E-state index in [2.05, 4.69) is 31.6 Å². The van der Waals surface area contributed by atoms with Crippen LogP contribution in [0.3, 0.4) is 0 Å². The fraction of sp³-hybridized carbons (Fsp3) is 0.250. The Bertz CT molecular complexity index is 975. The Kier molecular flexibility index (Phi) is 5.57. The summed E-state index contributed by atoms with van der Waals surface area (Å²) in [4.78, 5) is 24.4. The molecular weight excluding hydrogens is 394 g/mol. The zero-order valence-corrected chi connectivity index (χ0v) is 16.7. The van der Waals surface area contributed by atoms with Crippen LogP contribution in [0.5, 0.6) is 0 Å². The molecule has 1 aromatic carbocycles. The smallest absolute Gasteiger partial charge is 0.273 e. The second kappa shape index (κ2) is 8.26. The molecule has 3 N–H and O–H groups in total. The maximum Gasteiger partial charge on any atom is 0.273 e. The minimum absolute atomic E-state index is 0.0205. The van der Waals surface area contributed by atoms with Crippen LogP contribution in [0.25, 0.3) is 0 Å². The first kappa shape index (κ1) is 18.9. The van der Waals surface area contributed by atoms with Gasteiger partial charge in [-0.3, -0.25) is 9.69 Å². The molecular formula is C20H20ClN5OS. The highest BCUT2D eigenvalue weighted by atomic mass is 35.5. The largest absolute Gasteiger partial charge is 0.382 e. The third-order valence-electron chi connectivity index (χ3n) is 4.93. The summed E-state index contributed by atoms with van der Waals surface area (Å²) in [7, 11) is 0. The number of hydrogen-bond acceptors (Lipinski definition) is 6. The molecule has 0 saturated heterocycles. The molecule has 1 amide bonds. The number of anilines is 1. The number of nitrogen functional groups attached to an aromatic ring is 1. The van der Waals surface area contributed by atoms with Crippen LogP contribution in [-0.4, -0.2) is 33.9 Å². The molecule has 2 aromatic heterocycles. The number of amides is 1. The quantitative estimate of drug-likeness (QED) is 0.670. The Hall–Kier alpha value is -2.48. The molecule has 0 saturated carbocycles. The average Bonchev–Trinajstić information content (AvgIpc) is 3.17. The van der Waals surface area contributed by atoms with Crippen molar-refractivity contribution in [3.05, 3.63) is 74.8 Å². The molecule has 6 nitrogen and oxygen atoms in total. The lowest BCUT2D eigenvalue weighted by atomic mass is 10.0. The van der Waals surface area contributed by atoms with Crippen LogP contribution in [0.2, 0.25) is 5.02 Å². The van der Waals surface area contributed by atoms with Gasteiger partial charge in [-0.15, -0.1) is 11.3 Å². The molecule has 4 rings (SSSR count). The first-order valence-corrected chi connectivity index (χ1v) is 10.3. The van der Waals surface area contributed by atoms with Crippen molar-refractivity contribution < 1.29 is 4.79 Å². The Labute approximate surface area is 172 Å². The Balaban J connectivity index is 1.54. The van der Waals surface area contributed by atoms with Crippen LogP contribution in [0.1, 0.15) is 32.5 Å². The maximum absolute atomic E-state index is 12.6. The van der Waals surface area contributed by atoms with Crippen molar-refractivity contribution in [2.75, 3.05) is 18.8 Å². The van der Waals surface area contributed by atoms with Gasteiger partial charge in [0.05, 0.1) is 6.04 Å². The molecule has 28 heavy (non-hydrogen) atoms. The molecule has 3 heterocycles. The van der Waals surface area contributed by atoms with E-state index >= 15 is 0 Å². The average molecular weight is 414 g/mol. The van der Waals surface area contributed by atoms with Crippen molar-refractivity contribution in [3.63, 3.8) is 0 Å². The molecule has 0 unspecified atom stereocenters. The number of fused-ring (bicyclic) bond motifs is 1. The fourth-order valence-electron chi connectivity index (χ4n) is 3.48. The molecule has 1 atom stereocenters. The number of nitrogens with two attached hydrogens (primary N) is 1. The molecule has 0 radical (unpaired) electrons. The number of benzene rings is 1. The van der Waals surface area contributed by atoms with E-state index in [1.54, 1.807) is 0 Å². The van der Waals surface area contributed by atoms with E-state index in [-0.39, 0.29) is 23.5 Å². The predicted octanol–water partition coefficient (Wildman–Crippen LogP) is 3.30. The van der Waals surface area contributed by atoms with Crippen molar-refractivity contribution in [1.82, 2.24) is 20.2 Å². The second-order valence-electron chi connectivity index (χ2n) is 6.66. The Morgan fingerprint density at radius 1 is 1.25 bits per heavy atom. The molecule has 8 heteroatoms. The number of carbonyl (C=O) groups is 1. The lowest BCUT2D eigenvalue weighted by Crippen LogP contribution is -2.40. The van der Waals surface area contributed by atoms with Crippen molar-refractivity contribution in [3.8, 4) is 0 Å². The number of thiophene rings is 1. The molecule has 1 aliphatic heterocycles. The van der Waals surface area contributed by atoms with Gasteiger partial charge in [-0.1, -0.05) is 23.7 Å². The van der Waals surface area contributed by atoms with E-state index in [9.17, 15) is 4.79 Å². The van der Waals surface area contributed by atoms with Gasteiger partial charge in [-0.05, 0) is 41.1 Å². The van der Waals surface area contributed by atoms with E-state index in [1.165, 1.54) is 22.8 Å². The molecule has 0 aliphatic carbocycles. The first-order valence-electron chi connectivity index (χ1n) is 9.01. The summed E-state index contributed by atoms with van der Waals surface area (Å²) in [5.74, 6) is -0.193. The van der Waals surface area contributed by atoms with Crippen LogP contribution in [0.4, 0.5) is 5.82 Å². The van der Waals surface area contributed by atoms with Gasteiger partial charge in [0.25, 0.3) is 5.91 Å². The summed E-state index contributed by atoms with van der Waals surface area (Å²) in [6, 6.07) is 9.99. The highest BCUT2D eigenvalue weighted by Crippen LogP contribution is 2.30. The van der Waals surface area contributed by atoms with Gasteiger partial charge < -0.3 is 11.1 Å². The normalized spacial score (nSPS) is 15.0. The monoisotopic (exact) mass is 413 g/mol. The Morgan fingerprint density at radius 3 is 2.82 bits per heavy atom. The highest BCUT2D eigenvalue weighted by Gasteiger charge is 2.26. The zero-order valence-electron chi connectivity index (χ0n) is 15.1.